The molecule has 2 aromatic carbocycles. The highest BCUT2D eigenvalue weighted by atomic mass is 32.2. The van der Waals surface area contributed by atoms with E-state index in [0.717, 1.165) is 22.0 Å². The normalized spacial score (nSPS) is 14.1. The second-order valence-corrected chi connectivity index (χ2v) is 13.7. The monoisotopic (exact) mass is 687 g/mol. The highest BCUT2D eigenvalue weighted by Gasteiger charge is 2.32. The largest absolute Gasteiger partial charge is 0.416 e. The lowest BCUT2D eigenvalue weighted by molar-refractivity contribution is -0.138. The number of piperazine rings is 1. The summed E-state index contributed by atoms with van der Waals surface area (Å²) in [6, 6.07) is 10.4. The third kappa shape index (κ3) is 6.47. The maximum absolute atomic E-state index is 13.4. The fourth-order valence-corrected chi connectivity index (χ4v) is 7.43. The van der Waals surface area contributed by atoms with E-state index in [1.165, 1.54) is 48.9 Å². The zero-order chi connectivity index (χ0) is 32.6. The zero-order valence-corrected chi connectivity index (χ0v) is 27.0. The molecular weight excluding hydrogens is 660 g/mol. The van der Waals surface area contributed by atoms with Crippen LogP contribution in [-0.4, -0.2) is 69.8 Å². The highest BCUT2D eigenvalue weighted by molar-refractivity contribution is 7.93. The molecule has 0 amide bonds. The van der Waals surface area contributed by atoms with Crippen LogP contribution in [0.5, 0.6) is 0 Å². The van der Waals surface area contributed by atoms with Gasteiger partial charge >= 0.3 is 6.18 Å². The number of aromatic amines is 1. The summed E-state index contributed by atoms with van der Waals surface area (Å²) in [6.07, 6.45) is -0.555. The number of alkyl halides is 3. The lowest BCUT2D eigenvalue weighted by Gasteiger charge is -2.37. The molecule has 6 rings (SSSR count). The van der Waals surface area contributed by atoms with Gasteiger partial charge < -0.3 is 20.1 Å². The molecule has 3 N–H and O–H groups in total. The van der Waals surface area contributed by atoms with Crippen LogP contribution in [0.4, 0.5) is 29.8 Å². The minimum atomic E-state index is -4.42. The van der Waals surface area contributed by atoms with Crippen molar-refractivity contribution in [3.8, 4) is 11.1 Å². The van der Waals surface area contributed by atoms with Crippen LogP contribution in [-0.2, 0) is 22.6 Å². The molecule has 1 fully saturated rings. The molecule has 0 atom stereocenters. The van der Waals surface area contributed by atoms with Gasteiger partial charge in [0.25, 0.3) is 10.0 Å². The fourth-order valence-electron chi connectivity index (χ4n) is 5.22. The Bertz CT molecular complexity index is 2000. The lowest BCUT2D eigenvalue weighted by atomic mass is 9.99. The zero-order valence-electron chi connectivity index (χ0n) is 24.6. The number of H-pyrrole nitrogens is 1. The van der Waals surface area contributed by atoms with Crippen LogP contribution in [0, 0.1) is 6.92 Å². The van der Waals surface area contributed by atoms with Gasteiger partial charge in [0.15, 0.2) is 5.11 Å². The summed E-state index contributed by atoms with van der Waals surface area (Å²) in [4.78, 5) is 16.2. The molecule has 240 valence electrons. The van der Waals surface area contributed by atoms with Crippen molar-refractivity contribution in [1.29, 1.82) is 0 Å². The van der Waals surface area contributed by atoms with E-state index in [1.807, 2.05) is 11.8 Å². The van der Waals surface area contributed by atoms with Crippen molar-refractivity contribution in [2.75, 3.05) is 41.1 Å². The molecule has 3 aromatic heterocycles. The fraction of sp³-hybridized carbons (Fsp3) is 0.276. The van der Waals surface area contributed by atoms with E-state index in [-0.39, 0.29) is 15.6 Å². The Labute approximate surface area is 271 Å². The number of benzene rings is 2. The number of sulfonamides is 1. The van der Waals surface area contributed by atoms with Gasteiger partial charge in [-0.25, -0.2) is 18.4 Å². The Balaban J connectivity index is 1.11. The van der Waals surface area contributed by atoms with Crippen molar-refractivity contribution in [2.45, 2.75) is 31.3 Å². The number of aromatic nitrogens is 5. The summed E-state index contributed by atoms with van der Waals surface area (Å²) in [6.45, 7) is 5.69. The first kappa shape index (κ1) is 31.6. The van der Waals surface area contributed by atoms with Gasteiger partial charge in [-0.15, -0.1) is 10.2 Å². The number of aryl methyl sites for hydroxylation is 2. The van der Waals surface area contributed by atoms with E-state index in [4.69, 9.17) is 12.2 Å². The third-order valence-corrected chi connectivity index (χ3v) is 10.4. The van der Waals surface area contributed by atoms with E-state index in [0.29, 0.717) is 60.4 Å². The first-order chi connectivity index (χ1) is 21.9. The number of halogens is 3. The summed E-state index contributed by atoms with van der Waals surface area (Å²) in [5.74, 6) is 0.683. The molecule has 1 aliphatic heterocycles. The van der Waals surface area contributed by atoms with E-state index in [2.05, 4.69) is 40.1 Å². The van der Waals surface area contributed by atoms with Gasteiger partial charge in [0.1, 0.15) is 22.8 Å². The van der Waals surface area contributed by atoms with E-state index >= 15 is 0 Å². The molecular formula is C29H28F3N9O2S3. The molecule has 1 aliphatic rings. The number of hydrogen-bond acceptors (Lipinski definition) is 9. The Hall–Kier alpha value is -4.35. The van der Waals surface area contributed by atoms with Crippen LogP contribution in [0.25, 0.3) is 22.2 Å². The number of nitrogens with one attached hydrogen (secondary N) is 3. The van der Waals surface area contributed by atoms with Crippen molar-refractivity contribution in [2.24, 2.45) is 0 Å². The molecule has 11 nitrogen and oxygen atoms in total. The molecule has 0 spiro atoms. The summed E-state index contributed by atoms with van der Waals surface area (Å²) in [5, 5.41) is 13.2. The molecule has 17 heteroatoms. The average Bonchev–Trinajstić information content (AvgIpc) is 3.67. The van der Waals surface area contributed by atoms with Crippen LogP contribution in [0.15, 0.2) is 59.9 Å². The van der Waals surface area contributed by atoms with Gasteiger partial charge in [0.2, 0.25) is 5.13 Å². The Kier molecular flexibility index (Phi) is 8.56. The molecule has 0 bridgehead atoms. The maximum atomic E-state index is 13.4. The summed E-state index contributed by atoms with van der Waals surface area (Å²) >= 11 is 6.84. The summed E-state index contributed by atoms with van der Waals surface area (Å²) < 4.78 is 68.1. The second-order valence-electron chi connectivity index (χ2n) is 10.5. The molecule has 46 heavy (non-hydrogen) atoms. The number of nitrogens with zero attached hydrogens (tertiary/aromatic N) is 6. The minimum absolute atomic E-state index is 0.0811. The number of thiocarbonyl (C=S) groups is 1. The van der Waals surface area contributed by atoms with Gasteiger partial charge in [-0.05, 0) is 67.0 Å². The second kappa shape index (κ2) is 12.4. The van der Waals surface area contributed by atoms with Gasteiger partial charge in [-0.1, -0.05) is 30.4 Å². The average molecular weight is 688 g/mol. The molecule has 0 aliphatic carbocycles. The Morgan fingerprint density at radius 2 is 1.80 bits per heavy atom. The first-order valence-corrected chi connectivity index (χ1v) is 16.9. The van der Waals surface area contributed by atoms with Gasteiger partial charge in [-0.2, -0.15) is 13.2 Å². The van der Waals surface area contributed by atoms with Crippen LogP contribution in [0.1, 0.15) is 23.1 Å². The number of rotatable bonds is 7. The molecule has 5 aromatic rings. The lowest BCUT2D eigenvalue weighted by Crippen LogP contribution is -2.50. The minimum Gasteiger partial charge on any atom is -0.352 e. The van der Waals surface area contributed by atoms with E-state index in [1.54, 1.807) is 18.3 Å². The Morgan fingerprint density at radius 1 is 1.07 bits per heavy atom. The molecule has 1 saturated heterocycles. The Morgan fingerprint density at radius 3 is 2.46 bits per heavy atom. The van der Waals surface area contributed by atoms with Crippen molar-refractivity contribution < 1.29 is 21.6 Å². The predicted molar refractivity (Wildman–Crippen MR) is 176 cm³/mol. The number of anilines is 3. The summed E-state index contributed by atoms with van der Waals surface area (Å²) in [7, 11) is -3.83. The van der Waals surface area contributed by atoms with E-state index in [9.17, 15) is 21.6 Å². The predicted octanol–water partition coefficient (Wildman–Crippen LogP) is 5.69. The van der Waals surface area contributed by atoms with Crippen LogP contribution < -0.4 is 14.9 Å². The quantitative estimate of drug-likeness (QED) is 0.184. The van der Waals surface area contributed by atoms with Crippen LogP contribution in [0.3, 0.4) is 0 Å². The van der Waals surface area contributed by atoms with Crippen LogP contribution in [0.2, 0.25) is 0 Å². The smallest absolute Gasteiger partial charge is 0.352 e. The highest BCUT2D eigenvalue weighted by Crippen LogP contribution is 2.38. The SMILES string of the molecule is CCc1nnc(NS(=O)(=O)c2ccc(NC(=S)N3CCN(c4ncnc5[nH]cc(-c6ccc(C(F)(F)F)c(C)c6)c45)CC3)cc2)s1. The van der Waals surface area contributed by atoms with Gasteiger partial charge in [0.05, 0.1) is 15.8 Å². The standard InChI is InChI=1S/C29H28F3N9O2S3/c1-3-23-37-38-27(45-23)39-46(42,43)20-7-5-19(6-8-20)36-28(44)41-12-10-40(11-13-41)26-24-21(15-33-25(24)34-16-35-26)18-4-9-22(17(2)14-18)29(30,31)32/h4-9,14-16H,3,10-13H2,1-2H3,(H,36,44)(H,38,39)(H,33,34,35). The topological polar surface area (TPSA) is 132 Å². The van der Waals surface area contributed by atoms with Crippen molar-refractivity contribution in [3.63, 3.8) is 0 Å². The molecule has 0 radical (unpaired) electrons. The maximum Gasteiger partial charge on any atom is 0.416 e. The van der Waals surface area contributed by atoms with Crippen molar-refractivity contribution >= 4 is 66.4 Å². The molecule has 4 heterocycles. The molecule has 0 unspecified atom stereocenters. The molecule has 0 saturated carbocycles. The van der Waals surface area contributed by atoms with Gasteiger partial charge in [0, 0.05) is 43.6 Å². The first-order valence-electron chi connectivity index (χ1n) is 14.2. The van der Waals surface area contributed by atoms with Gasteiger partial charge in [-0.3, -0.25) is 4.72 Å². The number of hydrogen-bond donors (Lipinski definition) is 3. The van der Waals surface area contributed by atoms with Crippen LogP contribution >= 0.6 is 23.6 Å². The van der Waals surface area contributed by atoms with Crippen molar-refractivity contribution in [1.82, 2.24) is 30.0 Å². The number of fused-ring (bicyclic) bond motifs is 1. The third-order valence-electron chi connectivity index (χ3n) is 7.57. The van der Waals surface area contributed by atoms with E-state index < -0.39 is 21.8 Å². The van der Waals surface area contributed by atoms with Crippen molar-refractivity contribution in [3.05, 3.63) is 71.1 Å². The summed E-state index contributed by atoms with van der Waals surface area (Å²) in [5.41, 5.74) is 2.05.